The fraction of sp³-hybridized carbons (Fsp3) is 0.455. The Morgan fingerprint density at radius 3 is 2.76 bits per heavy atom. The summed E-state index contributed by atoms with van der Waals surface area (Å²) in [7, 11) is 1.49. The molecule has 1 N–H and O–H groups in total. The second-order valence-corrected chi connectivity index (χ2v) is 3.89. The Bertz CT molecular complexity index is 418. The molecule has 0 aromatic heterocycles. The third-order valence-corrected chi connectivity index (χ3v) is 2.63. The van der Waals surface area contributed by atoms with Gasteiger partial charge in [0.15, 0.2) is 0 Å². The van der Waals surface area contributed by atoms with E-state index in [0.29, 0.717) is 12.4 Å². The number of nitrogens with zero attached hydrogens (tertiary/aromatic N) is 1. The zero-order valence-corrected chi connectivity index (χ0v) is 9.51. The van der Waals surface area contributed by atoms with Crippen LogP contribution >= 0.6 is 0 Å². The van der Waals surface area contributed by atoms with Gasteiger partial charge >= 0.3 is 0 Å². The summed E-state index contributed by atoms with van der Waals surface area (Å²) < 4.78 is 10.6. The Morgan fingerprint density at radius 1 is 1.47 bits per heavy atom. The molecule has 92 valence electrons. The molecule has 0 radical (unpaired) electrons. The Labute approximate surface area is 98.7 Å². The first-order chi connectivity index (χ1) is 8.19. The van der Waals surface area contributed by atoms with E-state index >= 15 is 0 Å². The molecular weight excluding hydrogens is 224 g/mol. The molecular formula is C11H14N2O4. The van der Waals surface area contributed by atoms with Crippen molar-refractivity contribution in [3.8, 4) is 5.75 Å². The van der Waals surface area contributed by atoms with Gasteiger partial charge in [0.2, 0.25) is 0 Å². The van der Waals surface area contributed by atoms with Crippen LogP contribution in [-0.2, 0) is 11.3 Å². The number of hydrogen-bond acceptors (Lipinski definition) is 5. The second-order valence-electron chi connectivity index (χ2n) is 3.89. The van der Waals surface area contributed by atoms with E-state index in [9.17, 15) is 10.1 Å². The molecule has 0 unspecified atom stereocenters. The molecule has 1 aliphatic heterocycles. The maximum absolute atomic E-state index is 10.7. The number of rotatable bonds is 5. The Morgan fingerprint density at radius 2 is 2.24 bits per heavy atom. The summed E-state index contributed by atoms with van der Waals surface area (Å²) >= 11 is 0. The first-order valence-electron chi connectivity index (χ1n) is 5.33. The molecule has 0 bridgehead atoms. The van der Waals surface area contributed by atoms with Gasteiger partial charge in [-0.25, -0.2) is 0 Å². The van der Waals surface area contributed by atoms with Crippen LogP contribution in [0.4, 0.5) is 5.69 Å². The molecule has 6 heteroatoms. The largest absolute Gasteiger partial charge is 0.496 e. The number of nitrogens with one attached hydrogen (secondary N) is 1. The van der Waals surface area contributed by atoms with Crippen LogP contribution in [0.5, 0.6) is 5.75 Å². The summed E-state index contributed by atoms with van der Waals surface area (Å²) in [6.07, 6.45) is 0.209. The molecule has 1 aromatic rings. The summed E-state index contributed by atoms with van der Waals surface area (Å²) in [5.74, 6) is 0.476. The van der Waals surface area contributed by atoms with Crippen LogP contribution in [0.1, 0.15) is 5.56 Å². The van der Waals surface area contributed by atoms with Crippen molar-refractivity contribution in [1.29, 1.82) is 0 Å². The number of benzene rings is 1. The first kappa shape index (κ1) is 11.8. The predicted molar refractivity (Wildman–Crippen MR) is 61.1 cm³/mol. The van der Waals surface area contributed by atoms with Crippen LogP contribution in [-0.4, -0.2) is 31.2 Å². The molecule has 1 aliphatic rings. The van der Waals surface area contributed by atoms with Crippen molar-refractivity contribution in [2.24, 2.45) is 0 Å². The quantitative estimate of drug-likeness (QED) is 0.614. The minimum Gasteiger partial charge on any atom is -0.496 e. The monoisotopic (exact) mass is 238 g/mol. The number of nitro benzene ring substituents is 1. The lowest BCUT2D eigenvalue weighted by atomic mass is 10.2. The van der Waals surface area contributed by atoms with E-state index < -0.39 is 4.92 Å². The number of hydrogen-bond donors (Lipinski definition) is 1. The lowest BCUT2D eigenvalue weighted by molar-refractivity contribution is -0.385. The van der Waals surface area contributed by atoms with Gasteiger partial charge < -0.3 is 14.8 Å². The Hall–Kier alpha value is -1.66. The Balaban J connectivity index is 2.08. The average Bonchev–Trinajstić information content (AvgIpc) is 2.26. The Kier molecular flexibility index (Phi) is 3.55. The third-order valence-electron chi connectivity index (χ3n) is 2.63. The lowest BCUT2D eigenvalue weighted by Crippen LogP contribution is -2.48. The minimum atomic E-state index is -0.434. The van der Waals surface area contributed by atoms with Gasteiger partial charge in [0.1, 0.15) is 5.75 Å². The SMILES string of the molecule is COc1cc(COC2CNC2)cc([N+](=O)[O-])c1. The molecule has 2 rings (SSSR count). The van der Waals surface area contributed by atoms with E-state index in [1.807, 2.05) is 0 Å². The lowest BCUT2D eigenvalue weighted by Gasteiger charge is -2.27. The molecule has 17 heavy (non-hydrogen) atoms. The summed E-state index contributed by atoms with van der Waals surface area (Å²) in [5, 5.41) is 13.8. The molecule has 0 aliphatic carbocycles. The topological polar surface area (TPSA) is 73.6 Å². The van der Waals surface area contributed by atoms with Crippen molar-refractivity contribution in [2.75, 3.05) is 20.2 Å². The van der Waals surface area contributed by atoms with Gasteiger partial charge in [0.05, 0.1) is 30.8 Å². The highest BCUT2D eigenvalue weighted by atomic mass is 16.6. The van der Waals surface area contributed by atoms with Gasteiger partial charge in [-0.05, 0) is 11.6 Å². The molecule has 6 nitrogen and oxygen atoms in total. The van der Waals surface area contributed by atoms with Gasteiger partial charge in [-0.2, -0.15) is 0 Å². The van der Waals surface area contributed by atoms with Crippen LogP contribution in [0.3, 0.4) is 0 Å². The molecule has 0 saturated carbocycles. The smallest absolute Gasteiger partial charge is 0.273 e. The van der Waals surface area contributed by atoms with Crippen molar-refractivity contribution < 1.29 is 14.4 Å². The maximum atomic E-state index is 10.7. The summed E-state index contributed by atoms with van der Waals surface area (Å²) in [6.45, 7) is 2.04. The van der Waals surface area contributed by atoms with Crippen molar-refractivity contribution >= 4 is 5.69 Å². The molecule has 0 spiro atoms. The zero-order valence-electron chi connectivity index (χ0n) is 9.51. The standard InChI is InChI=1S/C11H14N2O4/c1-16-10-3-8(2-9(4-10)13(14)15)7-17-11-5-12-6-11/h2-4,11-12H,5-7H2,1H3. The number of non-ortho nitro benzene ring substituents is 1. The van der Waals surface area contributed by atoms with Crippen molar-refractivity contribution in [2.45, 2.75) is 12.7 Å². The van der Waals surface area contributed by atoms with Gasteiger partial charge in [-0.1, -0.05) is 0 Å². The van der Waals surface area contributed by atoms with Crippen LogP contribution < -0.4 is 10.1 Å². The normalized spacial score (nSPS) is 15.4. The van der Waals surface area contributed by atoms with Gasteiger partial charge in [0.25, 0.3) is 5.69 Å². The molecule has 1 aromatic carbocycles. The fourth-order valence-corrected chi connectivity index (χ4v) is 1.54. The molecule has 1 heterocycles. The van der Waals surface area contributed by atoms with Crippen LogP contribution in [0.25, 0.3) is 0 Å². The number of nitro groups is 1. The predicted octanol–water partition coefficient (Wildman–Crippen LogP) is 1.09. The zero-order chi connectivity index (χ0) is 12.3. The highest BCUT2D eigenvalue weighted by molar-refractivity contribution is 5.42. The van der Waals surface area contributed by atoms with Gasteiger partial charge in [0, 0.05) is 19.2 Å². The van der Waals surface area contributed by atoms with E-state index in [0.717, 1.165) is 18.7 Å². The van der Waals surface area contributed by atoms with E-state index in [1.54, 1.807) is 6.07 Å². The minimum absolute atomic E-state index is 0.0229. The van der Waals surface area contributed by atoms with E-state index in [4.69, 9.17) is 9.47 Å². The van der Waals surface area contributed by atoms with Crippen molar-refractivity contribution in [3.05, 3.63) is 33.9 Å². The number of ether oxygens (including phenoxy) is 2. The summed E-state index contributed by atoms with van der Waals surface area (Å²) in [4.78, 5) is 10.3. The summed E-state index contributed by atoms with van der Waals surface area (Å²) in [6, 6.07) is 4.65. The fourth-order valence-electron chi connectivity index (χ4n) is 1.54. The average molecular weight is 238 g/mol. The van der Waals surface area contributed by atoms with Gasteiger partial charge in [-0.3, -0.25) is 10.1 Å². The highest BCUT2D eigenvalue weighted by Gasteiger charge is 2.18. The van der Waals surface area contributed by atoms with E-state index in [2.05, 4.69) is 5.32 Å². The number of methoxy groups -OCH3 is 1. The molecule has 1 saturated heterocycles. The van der Waals surface area contributed by atoms with Crippen LogP contribution in [0.15, 0.2) is 18.2 Å². The van der Waals surface area contributed by atoms with Crippen LogP contribution in [0.2, 0.25) is 0 Å². The molecule has 0 amide bonds. The van der Waals surface area contributed by atoms with Crippen molar-refractivity contribution in [3.63, 3.8) is 0 Å². The van der Waals surface area contributed by atoms with E-state index in [1.165, 1.54) is 19.2 Å². The molecule has 1 fully saturated rings. The van der Waals surface area contributed by atoms with Crippen LogP contribution in [0, 0.1) is 10.1 Å². The molecule has 0 atom stereocenters. The highest BCUT2D eigenvalue weighted by Crippen LogP contribution is 2.23. The van der Waals surface area contributed by atoms with Gasteiger partial charge in [-0.15, -0.1) is 0 Å². The third kappa shape index (κ3) is 2.92. The second kappa shape index (κ2) is 5.11. The first-order valence-corrected chi connectivity index (χ1v) is 5.33. The van der Waals surface area contributed by atoms with Crippen molar-refractivity contribution in [1.82, 2.24) is 5.32 Å². The summed E-state index contributed by atoms with van der Waals surface area (Å²) in [5.41, 5.74) is 0.776. The van der Waals surface area contributed by atoms with E-state index in [-0.39, 0.29) is 11.8 Å². The maximum Gasteiger partial charge on any atom is 0.273 e.